The number of rotatable bonds is 9. The van der Waals surface area contributed by atoms with Crippen LogP contribution in [0.15, 0.2) is 417 Å². The molecule has 1 aliphatic heterocycles. The molecule has 666 valence electrons. The zero-order chi connectivity index (χ0) is 93.2. The summed E-state index contributed by atoms with van der Waals surface area (Å²) >= 11 is 3.59. The van der Waals surface area contributed by atoms with Gasteiger partial charge < -0.3 is 38.8 Å². The zero-order valence-electron chi connectivity index (χ0n) is 78.6. The largest absolute Gasteiger partial charge is 1.00 e. The van der Waals surface area contributed by atoms with Crippen molar-refractivity contribution in [1.82, 2.24) is 0 Å². The van der Waals surface area contributed by atoms with Crippen molar-refractivity contribution in [1.29, 1.82) is 0 Å². The summed E-state index contributed by atoms with van der Waals surface area (Å²) in [5, 5.41) is 44.6. The van der Waals surface area contributed by atoms with Crippen LogP contribution < -0.4 is 190 Å². The Bertz CT molecular complexity index is 7740. The first-order chi connectivity index (χ1) is 64.2. The Kier molecular flexibility index (Phi) is 38.1. The molecule has 0 unspecified atom stereocenters. The second-order valence-electron chi connectivity index (χ2n) is 34.1. The Morgan fingerprint density at radius 3 is 0.912 bits per heavy atom. The number of fused-ring (bicyclic) bond motifs is 12. The maximum Gasteiger partial charge on any atom is 1.00 e. The molecule has 1 heterocycles. The van der Waals surface area contributed by atoms with Gasteiger partial charge in [0, 0.05) is 38.7 Å². The molecule has 0 amide bonds. The van der Waals surface area contributed by atoms with E-state index in [1.165, 1.54) is 196 Å². The molecular weight excluding hydrogens is 1970 g/mol. The van der Waals surface area contributed by atoms with Gasteiger partial charge in [0.15, 0.2) is 0 Å². The van der Waals surface area contributed by atoms with Crippen LogP contribution in [0.5, 0.6) is 0 Å². The number of hydrogen-bond donors (Lipinski definition) is 2. The molecule has 137 heavy (non-hydrogen) atoms. The number of hydrogen-bond acceptors (Lipinski definition) is 8. The second kappa shape index (κ2) is 48.5. The van der Waals surface area contributed by atoms with Crippen molar-refractivity contribution in [3.8, 4) is 55.6 Å². The van der Waals surface area contributed by atoms with Crippen molar-refractivity contribution >= 4 is 180 Å². The van der Waals surface area contributed by atoms with Crippen LogP contribution in [0.25, 0.3) is 163 Å². The van der Waals surface area contributed by atoms with Crippen LogP contribution in [0.1, 0.15) is 58.2 Å². The van der Waals surface area contributed by atoms with Gasteiger partial charge in [0.25, 0.3) is 11.9 Å². The van der Waals surface area contributed by atoms with Gasteiger partial charge in [0.05, 0.1) is 11.2 Å². The number of carbonyl (C=O) groups is 2. The van der Waals surface area contributed by atoms with E-state index >= 15 is 0 Å². The molecule has 2 N–H and O–H groups in total. The van der Waals surface area contributed by atoms with Gasteiger partial charge in [-0.15, -0.1) is 0 Å². The van der Waals surface area contributed by atoms with Crippen LogP contribution in [-0.4, -0.2) is 40.5 Å². The van der Waals surface area contributed by atoms with Crippen LogP contribution >= 0.6 is 31.7 Å². The number of halogens is 1. The fraction of sp³-hybridized carbons (Fsp3) is 0.0924. The Morgan fingerprint density at radius 1 is 0.299 bits per heavy atom. The summed E-state index contributed by atoms with van der Waals surface area (Å²) in [5.74, 6) is -1.67. The molecule has 22 rings (SSSR count). The minimum Gasteiger partial charge on any atom is -0.822 e. The molecule has 18 heteroatoms. The molecule has 21 aromatic carbocycles. The number of aliphatic carboxylic acids is 2. The third-order valence-electron chi connectivity index (χ3n) is 24.7. The minimum absolute atomic E-state index is 0. The SMILES string of the molecule is Brc1cccc(-c2cccc3c2ccc2cc4ccccc4cc23)c1.CC(=O)O.CC(=O)O.CC1(C)OB(c2c3ccccc3c(-c3ccccc3)c3ccccc23)OC1(C)C.Cc1ccccc1P(c1ccccc1C)c1ccccc1C.O=P([O-])([O-])[O-].[K+].[K+].[K+].[Pd].c1ccc(-c2c3ccccc3c(-c3cccc(-c4cccc5c4ccc4cc6ccccc6cc45)c3)c3ccccc23)cc1. The van der Waals surface area contributed by atoms with Crippen molar-refractivity contribution in [2.45, 2.75) is 73.5 Å². The maximum atomic E-state index is 9.00. The molecule has 0 aliphatic carbocycles. The first-order valence-corrected chi connectivity index (χ1v) is 47.7. The van der Waals surface area contributed by atoms with Gasteiger partial charge in [-0.3, -0.25) is 9.59 Å². The summed E-state index contributed by atoms with van der Waals surface area (Å²) in [6.45, 7) is 17.3. The quantitative estimate of drug-likeness (QED) is 0.0611. The fourth-order valence-corrected chi connectivity index (χ4v) is 21.2. The second-order valence-corrected chi connectivity index (χ2v) is 38.0. The van der Waals surface area contributed by atoms with E-state index in [0.29, 0.717) is 0 Å². The van der Waals surface area contributed by atoms with E-state index in [2.05, 4.69) is 477 Å². The van der Waals surface area contributed by atoms with Gasteiger partial charge in [-0.25, -0.2) is 0 Å². The van der Waals surface area contributed by atoms with E-state index in [9.17, 15) is 0 Å². The van der Waals surface area contributed by atoms with Crippen LogP contribution in [0.4, 0.5) is 0 Å². The van der Waals surface area contributed by atoms with Gasteiger partial charge >= 0.3 is 161 Å². The van der Waals surface area contributed by atoms with Crippen molar-refractivity contribution in [2.24, 2.45) is 0 Å². The van der Waals surface area contributed by atoms with Gasteiger partial charge in [0.2, 0.25) is 0 Å². The van der Waals surface area contributed by atoms with Crippen LogP contribution in [0.3, 0.4) is 0 Å². The smallest absolute Gasteiger partial charge is 0.822 e. The molecule has 0 radical (unpaired) electrons. The summed E-state index contributed by atoms with van der Waals surface area (Å²) in [4.78, 5) is 43.6. The summed E-state index contributed by atoms with van der Waals surface area (Å²) in [5.41, 5.74) is 17.0. The van der Waals surface area contributed by atoms with E-state index in [4.69, 9.17) is 48.4 Å². The number of carboxylic acid groups (broad SMARTS) is 2. The van der Waals surface area contributed by atoms with E-state index in [1.807, 2.05) is 0 Å². The first-order valence-electron chi connectivity index (χ1n) is 44.1. The summed E-state index contributed by atoms with van der Waals surface area (Å²) in [6.07, 6.45) is 0. The topological polar surface area (TPSA) is 179 Å². The van der Waals surface area contributed by atoms with Gasteiger partial charge in [-0.1, -0.05) is 386 Å². The van der Waals surface area contributed by atoms with Crippen molar-refractivity contribution in [2.75, 3.05) is 0 Å². The van der Waals surface area contributed by atoms with Gasteiger partial charge in [-0.2, -0.15) is 7.82 Å². The van der Waals surface area contributed by atoms with E-state index in [-0.39, 0.29) is 186 Å². The standard InChI is InChI=1S/C44H28.C26H25BO2.C24H15Br.C21H21P.2C2H4O2.3K.H3O4P.Pd/c1-2-12-29(13-3-1)43-38-18-6-8-20-40(38)44(41-21-9-7-19-39(41)43)34-17-10-16-32(27-34)35-22-11-23-36-37(35)25-24-33-26-30-14-4-5-15-31(30)28-42(33)36;1-25(2)26(3,4)29-27(28-25)24-21-16-10-8-14-19(21)23(18-12-6-5-7-13-18)20-15-9-11-17-22(20)24;25-20-8-3-7-18(14-20)21-9-4-10-22-23(21)12-11-19-13-16-5-1-2-6-17(16)15-24(19)22;1-16-10-4-7-13-19(16)22(20-14-8-5-11-17(20)2)21-15-9-6-12-18(21)3;2*1-2(3)4;;;;1-5(2,3)4;/h1-28H;5-17H,1-4H3;1-15H;4-15H,1-3H3;2*1H3,(H,3,4);;;;(H3,1,2,3,4);/q;;;;;;3*+1;;/p-3. The Hall–Kier alpha value is -8.26. The Labute approximate surface area is 951 Å². The fourth-order valence-electron chi connectivity index (χ4n) is 18.0. The van der Waals surface area contributed by atoms with Gasteiger partial charge in [0.1, 0.15) is 0 Å². The van der Waals surface area contributed by atoms with Crippen LogP contribution in [-0.2, 0) is 43.9 Å². The molecule has 1 saturated heterocycles. The molecule has 0 saturated carbocycles. The van der Waals surface area contributed by atoms with Crippen LogP contribution in [0.2, 0.25) is 0 Å². The third-order valence-corrected chi connectivity index (χ3v) is 28.1. The third kappa shape index (κ3) is 25.1. The zero-order valence-corrected chi connectivity index (χ0v) is 92.9. The number of benzene rings is 21. The molecule has 1 aliphatic rings. The minimum atomic E-state index is -5.39. The van der Waals surface area contributed by atoms with Crippen molar-refractivity contribution in [3.05, 3.63) is 434 Å². The number of phosphoric acid groups is 1. The molecular formula is C119H97BBrK3O10P2Pd. The maximum absolute atomic E-state index is 9.00. The molecule has 10 nitrogen and oxygen atoms in total. The molecule has 0 spiro atoms. The summed E-state index contributed by atoms with van der Waals surface area (Å²) in [6, 6.07) is 149. The van der Waals surface area contributed by atoms with Crippen molar-refractivity contribution < 1.29 is 223 Å². The van der Waals surface area contributed by atoms with Crippen molar-refractivity contribution in [3.63, 3.8) is 0 Å². The number of carboxylic acids is 2. The normalized spacial score (nSPS) is 12.1. The van der Waals surface area contributed by atoms with Gasteiger partial charge in [-0.05, 0) is 300 Å². The molecule has 21 aromatic rings. The Morgan fingerprint density at radius 2 is 0.562 bits per heavy atom. The monoisotopic (exact) mass is 2060 g/mol. The first kappa shape index (κ1) is 108. The molecule has 0 aromatic heterocycles. The molecule has 0 atom stereocenters. The van der Waals surface area contributed by atoms with Crippen LogP contribution in [0, 0.1) is 20.8 Å². The molecule has 0 bridgehead atoms. The molecule has 1 fully saturated rings. The summed E-state index contributed by atoms with van der Waals surface area (Å²) < 4.78 is 22.6. The number of aryl methyl sites for hydroxylation is 3. The average Bonchev–Trinajstić information content (AvgIpc) is 1.68. The van der Waals surface area contributed by atoms with E-state index in [1.54, 1.807) is 0 Å². The van der Waals surface area contributed by atoms with E-state index < -0.39 is 34.8 Å². The Balaban J connectivity index is 0.000000160. The summed E-state index contributed by atoms with van der Waals surface area (Å²) in [7, 11) is -6.30. The van der Waals surface area contributed by atoms with E-state index in [0.717, 1.165) is 23.8 Å². The predicted molar refractivity (Wildman–Crippen MR) is 559 cm³/mol. The predicted octanol–water partition coefficient (Wildman–Crippen LogP) is 18.7. The average molecular weight is 2060 g/mol.